The van der Waals surface area contributed by atoms with Crippen molar-refractivity contribution in [2.45, 2.75) is 24.6 Å². The van der Waals surface area contributed by atoms with Crippen molar-refractivity contribution in [3.63, 3.8) is 0 Å². The zero-order chi connectivity index (χ0) is 18.8. The van der Waals surface area contributed by atoms with Crippen LogP contribution < -0.4 is 15.8 Å². The first-order chi connectivity index (χ1) is 12.3. The second-order valence-electron chi connectivity index (χ2n) is 6.16. The van der Waals surface area contributed by atoms with E-state index >= 15 is 0 Å². The quantitative estimate of drug-likeness (QED) is 0.271. The SMILES string of the molecule is I.NC(=NCC1(c2ccc(F)cc2)CC1)Nc1ccccc1OC(F)(F)F. The van der Waals surface area contributed by atoms with Crippen molar-refractivity contribution in [3.8, 4) is 5.75 Å². The highest BCUT2D eigenvalue weighted by Gasteiger charge is 2.44. The minimum Gasteiger partial charge on any atom is -0.404 e. The number of rotatable bonds is 5. The lowest BCUT2D eigenvalue weighted by Crippen LogP contribution is -2.26. The van der Waals surface area contributed by atoms with Gasteiger partial charge in [0.25, 0.3) is 0 Å². The van der Waals surface area contributed by atoms with Crippen LogP contribution in [0.25, 0.3) is 0 Å². The summed E-state index contributed by atoms with van der Waals surface area (Å²) in [5.74, 6) is -0.718. The molecular formula is C18H18F4IN3O. The molecule has 1 saturated carbocycles. The van der Waals surface area contributed by atoms with E-state index in [1.807, 2.05) is 0 Å². The molecule has 1 aliphatic rings. The molecule has 1 fully saturated rings. The molecule has 0 heterocycles. The number of para-hydroxylation sites is 2. The number of benzene rings is 2. The van der Waals surface area contributed by atoms with Gasteiger partial charge in [0, 0.05) is 5.41 Å². The van der Waals surface area contributed by atoms with E-state index in [0.29, 0.717) is 6.54 Å². The van der Waals surface area contributed by atoms with Crippen LogP contribution in [0.1, 0.15) is 18.4 Å². The molecule has 4 nitrogen and oxygen atoms in total. The predicted octanol–water partition coefficient (Wildman–Crippen LogP) is 4.80. The van der Waals surface area contributed by atoms with Gasteiger partial charge in [-0.3, -0.25) is 4.99 Å². The van der Waals surface area contributed by atoms with E-state index in [1.165, 1.54) is 30.3 Å². The van der Waals surface area contributed by atoms with Crippen molar-refractivity contribution in [2.75, 3.05) is 11.9 Å². The smallest absolute Gasteiger partial charge is 0.404 e. The van der Waals surface area contributed by atoms with Crippen LogP contribution in [-0.4, -0.2) is 18.9 Å². The lowest BCUT2D eigenvalue weighted by atomic mass is 9.96. The number of halogens is 5. The number of ether oxygens (including phenoxy) is 1. The van der Waals surface area contributed by atoms with Crippen molar-refractivity contribution in [1.82, 2.24) is 0 Å². The Morgan fingerprint density at radius 3 is 2.33 bits per heavy atom. The third-order valence-electron chi connectivity index (χ3n) is 4.24. The first-order valence-electron chi connectivity index (χ1n) is 7.95. The lowest BCUT2D eigenvalue weighted by Gasteiger charge is -2.16. The zero-order valence-electron chi connectivity index (χ0n) is 14.1. The summed E-state index contributed by atoms with van der Waals surface area (Å²) in [5, 5.41) is 2.64. The fourth-order valence-corrected chi connectivity index (χ4v) is 2.69. The molecular weight excluding hydrogens is 477 g/mol. The molecule has 146 valence electrons. The number of anilines is 1. The minimum absolute atomic E-state index is 0. The van der Waals surface area contributed by atoms with Gasteiger partial charge in [-0.1, -0.05) is 24.3 Å². The molecule has 0 unspecified atom stereocenters. The number of hydrogen-bond acceptors (Lipinski definition) is 2. The highest BCUT2D eigenvalue weighted by atomic mass is 127. The standard InChI is InChI=1S/C18H17F4N3O.HI/c19-13-7-5-12(6-8-13)17(9-10-17)11-24-16(23)25-14-3-1-2-4-15(14)26-18(20,21)22;/h1-8H,9-11H2,(H3,23,24,25);1H. The van der Waals surface area contributed by atoms with Gasteiger partial charge in [-0.25, -0.2) is 4.39 Å². The van der Waals surface area contributed by atoms with E-state index in [0.717, 1.165) is 18.4 Å². The Hall–Kier alpha value is -2.04. The van der Waals surface area contributed by atoms with Crippen molar-refractivity contribution in [2.24, 2.45) is 10.7 Å². The third-order valence-corrected chi connectivity index (χ3v) is 4.24. The van der Waals surface area contributed by atoms with Gasteiger partial charge in [-0.15, -0.1) is 37.1 Å². The topological polar surface area (TPSA) is 59.6 Å². The summed E-state index contributed by atoms with van der Waals surface area (Å²) in [4.78, 5) is 4.24. The Labute approximate surface area is 170 Å². The molecule has 0 saturated heterocycles. The summed E-state index contributed by atoms with van der Waals surface area (Å²) in [5.41, 5.74) is 6.66. The van der Waals surface area contributed by atoms with Gasteiger partial charge >= 0.3 is 6.36 Å². The summed E-state index contributed by atoms with van der Waals surface area (Å²) in [7, 11) is 0. The molecule has 0 amide bonds. The average Bonchev–Trinajstić information content (AvgIpc) is 3.35. The fraction of sp³-hybridized carbons (Fsp3) is 0.278. The second-order valence-corrected chi connectivity index (χ2v) is 6.16. The molecule has 0 atom stereocenters. The second kappa shape index (κ2) is 8.32. The summed E-state index contributed by atoms with van der Waals surface area (Å²) < 4.78 is 54.4. The van der Waals surface area contributed by atoms with Crippen LogP contribution in [0.5, 0.6) is 5.75 Å². The van der Waals surface area contributed by atoms with E-state index in [2.05, 4.69) is 15.0 Å². The van der Waals surface area contributed by atoms with E-state index < -0.39 is 12.1 Å². The molecule has 2 aromatic carbocycles. The molecule has 0 aliphatic heterocycles. The maximum absolute atomic E-state index is 13.1. The molecule has 0 aromatic heterocycles. The normalized spacial score (nSPS) is 15.6. The van der Waals surface area contributed by atoms with E-state index in [4.69, 9.17) is 5.73 Å². The summed E-state index contributed by atoms with van der Waals surface area (Å²) in [6, 6.07) is 11.8. The molecule has 3 rings (SSSR count). The summed E-state index contributed by atoms with van der Waals surface area (Å²) >= 11 is 0. The van der Waals surface area contributed by atoms with Gasteiger partial charge in [0.15, 0.2) is 11.7 Å². The first kappa shape index (κ1) is 21.3. The number of alkyl halides is 3. The van der Waals surface area contributed by atoms with Gasteiger partial charge in [0.05, 0.1) is 12.2 Å². The third kappa shape index (κ3) is 5.72. The number of hydrogen-bond donors (Lipinski definition) is 2. The van der Waals surface area contributed by atoms with Gasteiger partial charge < -0.3 is 15.8 Å². The Bertz CT molecular complexity index is 805. The van der Waals surface area contributed by atoms with Crippen molar-refractivity contribution in [1.29, 1.82) is 0 Å². The van der Waals surface area contributed by atoms with E-state index in [9.17, 15) is 17.6 Å². The first-order valence-corrected chi connectivity index (χ1v) is 7.95. The molecule has 1 aliphatic carbocycles. The molecule has 0 spiro atoms. The maximum Gasteiger partial charge on any atom is 0.573 e. The van der Waals surface area contributed by atoms with Crippen LogP contribution >= 0.6 is 24.0 Å². The molecule has 0 radical (unpaired) electrons. The minimum atomic E-state index is -4.80. The van der Waals surface area contributed by atoms with E-state index in [1.54, 1.807) is 18.2 Å². The van der Waals surface area contributed by atoms with E-state index in [-0.39, 0.29) is 46.9 Å². The Morgan fingerprint density at radius 1 is 1.11 bits per heavy atom. The number of nitrogens with one attached hydrogen (secondary N) is 1. The zero-order valence-corrected chi connectivity index (χ0v) is 16.4. The Morgan fingerprint density at radius 2 is 1.74 bits per heavy atom. The average molecular weight is 495 g/mol. The predicted molar refractivity (Wildman–Crippen MR) is 106 cm³/mol. The largest absolute Gasteiger partial charge is 0.573 e. The monoisotopic (exact) mass is 495 g/mol. The highest BCUT2D eigenvalue weighted by molar-refractivity contribution is 14.0. The molecule has 9 heteroatoms. The van der Waals surface area contributed by atoms with Crippen LogP contribution in [0.4, 0.5) is 23.2 Å². The van der Waals surface area contributed by atoms with Crippen LogP contribution in [-0.2, 0) is 5.41 Å². The fourth-order valence-electron chi connectivity index (χ4n) is 2.69. The van der Waals surface area contributed by atoms with Crippen LogP contribution in [0.2, 0.25) is 0 Å². The maximum atomic E-state index is 13.1. The summed E-state index contributed by atoms with van der Waals surface area (Å²) in [6.45, 7) is 0.361. The number of aliphatic imine (C=N–C) groups is 1. The number of nitrogens with zero attached hydrogens (tertiary/aromatic N) is 1. The van der Waals surface area contributed by atoms with Crippen molar-refractivity contribution < 1.29 is 22.3 Å². The van der Waals surface area contributed by atoms with Crippen molar-refractivity contribution in [3.05, 3.63) is 59.9 Å². The number of guanidine groups is 1. The Balaban J connectivity index is 0.00000261. The lowest BCUT2D eigenvalue weighted by molar-refractivity contribution is -0.274. The van der Waals surface area contributed by atoms with Crippen molar-refractivity contribution >= 4 is 35.6 Å². The van der Waals surface area contributed by atoms with Gasteiger partial charge in [0.1, 0.15) is 5.82 Å². The number of nitrogens with two attached hydrogens (primary N) is 1. The van der Waals surface area contributed by atoms with Gasteiger partial charge in [0.2, 0.25) is 0 Å². The van der Waals surface area contributed by atoms with Gasteiger partial charge in [-0.2, -0.15) is 0 Å². The molecule has 27 heavy (non-hydrogen) atoms. The van der Waals surface area contributed by atoms with Gasteiger partial charge in [-0.05, 0) is 42.7 Å². The van der Waals surface area contributed by atoms with Crippen LogP contribution in [0.15, 0.2) is 53.5 Å². The molecule has 0 bridgehead atoms. The Kier molecular flexibility index (Phi) is 6.55. The molecule has 2 aromatic rings. The van der Waals surface area contributed by atoms with Crippen LogP contribution in [0.3, 0.4) is 0 Å². The molecule has 3 N–H and O–H groups in total. The van der Waals surface area contributed by atoms with Crippen LogP contribution in [0, 0.1) is 5.82 Å². The summed E-state index contributed by atoms with van der Waals surface area (Å²) in [6.07, 6.45) is -3.02. The highest BCUT2D eigenvalue weighted by Crippen LogP contribution is 2.48.